The van der Waals surface area contributed by atoms with Crippen LogP contribution in [0.4, 0.5) is 5.69 Å². The van der Waals surface area contributed by atoms with E-state index in [9.17, 15) is 4.79 Å². The topological polar surface area (TPSA) is 64.3 Å². The minimum absolute atomic E-state index is 0.261. The van der Waals surface area contributed by atoms with E-state index >= 15 is 0 Å². The molecule has 0 amide bonds. The number of carbonyl (C=O) groups excluding carboxylic acids is 1. The lowest BCUT2D eigenvalue weighted by Gasteiger charge is -2.21. The molecule has 1 N–H and O–H groups in total. The molecule has 0 saturated carbocycles. The molecule has 0 radical (unpaired) electrons. The van der Waals surface area contributed by atoms with E-state index < -0.39 is 5.97 Å². The quantitative estimate of drug-likeness (QED) is 0.416. The summed E-state index contributed by atoms with van der Waals surface area (Å²) in [5.41, 5.74) is 6.32. The van der Waals surface area contributed by atoms with Gasteiger partial charge in [-0.15, -0.1) is 0 Å². The Morgan fingerprint density at radius 3 is 2.96 bits per heavy atom. The Bertz CT molecular complexity index is 1320. The average molecular weight is 370 g/mol. The first-order valence-electron chi connectivity index (χ1n) is 9.30. The number of fused-ring (bicyclic) bond motifs is 7. The number of rotatable bonds is 2. The summed E-state index contributed by atoms with van der Waals surface area (Å²) in [5.74, 6) is -0.450. The maximum Gasteiger partial charge on any atom is 0.328 e. The Morgan fingerprint density at radius 1 is 1.36 bits per heavy atom. The molecule has 0 aliphatic heterocycles. The van der Waals surface area contributed by atoms with E-state index in [1.54, 1.807) is 11.6 Å². The van der Waals surface area contributed by atoms with Crippen molar-refractivity contribution in [2.24, 2.45) is 7.05 Å². The van der Waals surface area contributed by atoms with Gasteiger partial charge in [-0.3, -0.25) is 4.68 Å². The summed E-state index contributed by atoms with van der Waals surface area (Å²) in [6.07, 6.45) is 3.49. The standard InChI is InChI=1S/C22H18N4O2/c1-4-28-22(27)19-17-13(9-10-16-14(17)11-26(3)25-16)20-18(21(19)23-2)12-7-5-6-8-15(12)24-20/h5-8,11,24H,4,9-10H2,1,3H3. The second-order valence-corrected chi connectivity index (χ2v) is 6.99. The lowest BCUT2D eigenvalue weighted by molar-refractivity contribution is 0.0528. The summed E-state index contributed by atoms with van der Waals surface area (Å²) in [4.78, 5) is 20.3. The number of nitrogens with zero attached hydrogens (tertiary/aromatic N) is 3. The van der Waals surface area contributed by atoms with Crippen LogP contribution in [0.2, 0.25) is 0 Å². The van der Waals surface area contributed by atoms with E-state index in [-0.39, 0.29) is 6.61 Å². The van der Waals surface area contributed by atoms with Crippen molar-refractivity contribution in [3.8, 4) is 11.1 Å². The van der Waals surface area contributed by atoms with Crippen molar-refractivity contribution in [1.29, 1.82) is 0 Å². The zero-order chi connectivity index (χ0) is 19.4. The number of aryl methyl sites for hydroxylation is 3. The van der Waals surface area contributed by atoms with Gasteiger partial charge >= 0.3 is 5.97 Å². The number of hydrogen-bond acceptors (Lipinski definition) is 3. The van der Waals surface area contributed by atoms with Gasteiger partial charge in [-0.25, -0.2) is 9.64 Å². The number of para-hydroxylation sites is 1. The van der Waals surface area contributed by atoms with Crippen molar-refractivity contribution < 1.29 is 9.53 Å². The lowest BCUT2D eigenvalue weighted by Crippen LogP contribution is -2.13. The molecule has 4 aromatic rings. The van der Waals surface area contributed by atoms with Gasteiger partial charge in [-0.1, -0.05) is 18.2 Å². The maximum absolute atomic E-state index is 13.0. The van der Waals surface area contributed by atoms with Crippen molar-refractivity contribution >= 4 is 33.5 Å². The lowest BCUT2D eigenvalue weighted by atomic mass is 9.83. The number of benzene rings is 2. The number of esters is 1. The van der Waals surface area contributed by atoms with Crippen molar-refractivity contribution in [3.63, 3.8) is 0 Å². The van der Waals surface area contributed by atoms with E-state index in [4.69, 9.17) is 11.3 Å². The smallest absolute Gasteiger partial charge is 0.328 e. The third kappa shape index (κ3) is 2.13. The summed E-state index contributed by atoms with van der Waals surface area (Å²) in [7, 11) is 1.87. The fourth-order valence-electron chi connectivity index (χ4n) is 4.37. The van der Waals surface area contributed by atoms with Crippen LogP contribution in [0.3, 0.4) is 0 Å². The molecule has 0 fully saturated rings. The second kappa shape index (κ2) is 5.96. The highest BCUT2D eigenvalue weighted by Gasteiger charge is 2.32. The van der Waals surface area contributed by atoms with Gasteiger partial charge in [0.25, 0.3) is 0 Å². The van der Waals surface area contributed by atoms with Crippen LogP contribution in [-0.4, -0.2) is 27.3 Å². The zero-order valence-corrected chi connectivity index (χ0v) is 15.7. The third-order valence-electron chi connectivity index (χ3n) is 5.41. The van der Waals surface area contributed by atoms with Gasteiger partial charge in [0.15, 0.2) is 0 Å². The van der Waals surface area contributed by atoms with Crippen LogP contribution in [-0.2, 0) is 24.6 Å². The third-order valence-corrected chi connectivity index (χ3v) is 5.41. The van der Waals surface area contributed by atoms with Crippen LogP contribution in [0, 0.1) is 6.57 Å². The molecule has 6 heteroatoms. The van der Waals surface area contributed by atoms with Crippen molar-refractivity contribution in [2.75, 3.05) is 6.61 Å². The van der Waals surface area contributed by atoms with Crippen LogP contribution >= 0.6 is 0 Å². The normalized spacial score (nSPS) is 12.6. The van der Waals surface area contributed by atoms with Gasteiger partial charge in [-0.2, -0.15) is 5.10 Å². The largest absolute Gasteiger partial charge is 0.463 e. The molecule has 0 saturated heterocycles. The SMILES string of the molecule is [C-]#[N+]c1c(C(=O)OCC)c2c(c3[nH]c4ccccc4c13)CCc1nn(C)cc1-2. The van der Waals surface area contributed by atoms with E-state index in [1.807, 2.05) is 37.5 Å². The molecular formula is C22H18N4O2. The minimum atomic E-state index is -0.450. The molecule has 0 unspecified atom stereocenters. The molecule has 0 bridgehead atoms. The van der Waals surface area contributed by atoms with Gasteiger partial charge in [0.1, 0.15) is 0 Å². The van der Waals surface area contributed by atoms with E-state index in [0.717, 1.165) is 57.0 Å². The molecule has 5 rings (SSSR count). The molecule has 0 spiro atoms. The van der Waals surface area contributed by atoms with Gasteiger partial charge in [-0.05, 0) is 42.3 Å². The predicted octanol–water partition coefficient (Wildman–Crippen LogP) is 4.55. The Balaban J connectivity index is 2.01. The van der Waals surface area contributed by atoms with Crippen molar-refractivity contribution in [2.45, 2.75) is 19.8 Å². The van der Waals surface area contributed by atoms with Gasteiger partial charge in [0.2, 0.25) is 5.69 Å². The number of H-pyrrole nitrogens is 1. The predicted molar refractivity (Wildman–Crippen MR) is 108 cm³/mol. The molecule has 2 heterocycles. The average Bonchev–Trinajstić information content (AvgIpc) is 3.26. The Kier molecular flexibility index (Phi) is 3.53. The Morgan fingerprint density at radius 2 is 2.18 bits per heavy atom. The number of hydrogen-bond donors (Lipinski definition) is 1. The number of aromatic nitrogens is 3. The summed E-state index contributed by atoms with van der Waals surface area (Å²) >= 11 is 0. The molecule has 28 heavy (non-hydrogen) atoms. The number of carbonyl (C=O) groups is 1. The number of nitrogens with one attached hydrogen (secondary N) is 1. The van der Waals surface area contributed by atoms with Crippen LogP contribution in [0.15, 0.2) is 30.5 Å². The molecule has 2 aromatic heterocycles. The van der Waals surface area contributed by atoms with E-state index in [2.05, 4.69) is 14.9 Å². The molecular weight excluding hydrogens is 352 g/mol. The monoisotopic (exact) mass is 370 g/mol. The highest BCUT2D eigenvalue weighted by atomic mass is 16.5. The Hall–Kier alpha value is -3.59. The highest BCUT2D eigenvalue weighted by Crippen LogP contribution is 2.47. The fourth-order valence-corrected chi connectivity index (χ4v) is 4.37. The van der Waals surface area contributed by atoms with Crippen LogP contribution in [0.25, 0.3) is 37.8 Å². The minimum Gasteiger partial charge on any atom is -0.463 e. The van der Waals surface area contributed by atoms with Gasteiger partial charge in [0, 0.05) is 35.2 Å². The van der Waals surface area contributed by atoms with Crippen molar-refractivity contribution in [1.82, 2.24) is 14.8 Å². The number of aromatic amines is 1. The summed E-state index contributed by atoms with van der Waals surface area (Å²) in [6, 6.07) is 7.90. The number of ether oxygens (including phenoxy) is 1. The fraction of sp³-hybridized carbons (Fsp3) is 0.227. The first kappa shape index (κ1) is 16.6. The molecule has 138 valence electrons. The van der Waals surface area contributed by atoms with Crippen LogP contribution in [0.1, 0.15) is 28.5 Å². The van der Waals surface area contributed by atoms with Gasteiger partial charge < -0.3 is 9.72 Å². The summed E-state index contributed by atoms with van der Waals surface area (Å²) < 4.78 is 7.14. The molecule has 0 atom stereocenters. The summed E-state index contributed by atoms with van der Waals surface area (Å²) in [5, 5.41) is 6.31. The zero-order valence-electron chi connectivity index (χ0n) is 15.7. The van der Waals surface area contributed by atoms with Crippen LogP contribution < -0.4 is 0 Å². The maximum atomic E-state index is 13.0. The van der Waals surface area contributed by atoms with Gasteiger partial charge in [0.05, 0.1) is 24.4 Å². The first-order valence-corrected chi connectivity index (χ1v) is 9.30. The molecule has 2 aromatic carbocycles. The Labute approximate surface area is 161 Å². The first-order chi connectivity index (χ1) is 13.6. The highest BCUT2D eigenvalue weighted by molar-refractivity contribution is 6.22. The van der Waals surface area contributed by atoms with E-state index in [0.29, 0.717) is 11.3 Å². The second-order valence-electron chi connectivity index (χ2n) is 6.99. The van der Waals surface area contributed by atoms with Crippen molar-refractivity contribution in [3.05, 3.63) is 58.7 Å². The molecule has 1 aliphatic carbocycles. The van der Waals surface area contributed by atoms with E-state index in [1.165, 1.54) is 0 Å². The summed E-state index contributed by atoms with van der Waals surface area (Å²) in [6.45, 7) is 9.94. The molecule has 1 aliphatic rings. The van der Waals surface area contributed by atoms with Crippen LogP contribution in [0.5, 0.6) is 0 Å². The molecule has 6 nitrogen and oxygen atoms in total.